The molecule has 0 atom stereocenters. The van der Waals surface area contributed by atoms with E-state index < -0.39 is 0 Å². The molecule has 1 aliphatic rings. The van der Waals surface area contributed by atoms with Crippen LogP contribution in [0.1, 0.15) is 18.9 Å². The molecule has 1 aromatic heterocycles. The standard InChI is InChI=1S/C7H11ClN4/c1-11(2)7-10-9-6(8)12(7)5-3-4-5/h5H,3-4H2,1-2H3. The maximum atomic E-state index is 5.89. The highest BCUT2D eigenvalue weighted by Crippen LogP contribution is 2.39. The van der Waals surface area contributed by atoms with E-state index in [4.69, 9.17) is 11.6 Å². The Balaban J connectivity index is 2.39. The summed E-state index contributed by atoms with van der Waals surface area (Å²) in [5.74, 6) is 0.850. The van der Waals surface area contributed by atoms with Crippen molar-refractivity contribution in [3.63, 3.8) is 0 Å². The van der Waals surface area contributed by atoms with Gasteiger partial charge in [0.25, 0.3) is 0 Å². The predicted octanol–water partition coefficient (Wildman–Crippen LogP) is 1.33. The highest BCUT2D eigenvalue weighted by atomic mass is 35.5. The number of halogens is 1. The number of aromatic nitrogens is 3. The minimum absolute atomic E-state index is 0.501. The van der Waals surface area contributed by atoms with E-state index in [2.05, 4.69) is 10.2 Å². The molecule has 0 aromatic carbocycles. The van der Waals surface area contributed by atoms with Crippen molar-refractivity contribution in [3.05, 3.63) is 5.28 Å². The van der Waals surface area contributed by atoms with Crippen LogP contribution in [0.5, 0.6) is 0 Å². The van der Waals surface area contributed by atoms with Gasteiger partial charge in [0, 0.05) is 20.1 Å². The summed E-state index contributed by atoms with van der Waals surface area (Å²) in [6.07, 6.45) is 2.39. The molecule has 0 bridgehead atoms. The highest BCUT2D eigenvalue weighted by Gasteiger charge is 2.29. The first-order valence-corrected chi connectivity index (χ1v) is 4.35. The zero-order valence-corrected chi connectivity index (χ0v) is 7.91. The van der Waals surface area contributed by atoms with Crippen LogP contribution in [0.15, 0.2) is 0 Å². The topological polar surface area (TPSA) is 34.0 Å². The Morgan fingerprint density at radius 1 is 1.42 bits per heavy atom. The highest BCUT2D eigenvalue weighted by molar-refractivity contribution is 6.28. The summed E-state index contributed by atoms with van der Waals surface area (Å²) in [5.41, 5.74) is 0. The average molecular weight is 187 g/mol. The molecular weight excluding hydrogens is 176 g/mol. The molecule has 0 unspecified atom stereocenters. The second kappa shape index (κ2) is 2.62. The van der Waals surface area contributed by atoms with E-state index in [1.165, 1.54) is 12.8 Å². The molecule has 5 heteroatoms. The summed E-state index contributed by atoms with van der Waals surface area (Å²) >= 11 is 5.89. The second-order valence-electron chi connectivity index (χ2n) is 3.26. The van der Waals surface area contributed by atoms with Gasteiger partial charge in [-0.2, -0.15) is 0 Å². The largest absolute Gasteiger partial charge is 0.347 e. The molecule has 0 radical (unpaired) electrons. The first-order valence-electron chi connectivity index (χ1n) is 3.98. The summed E-state index contributed by atoms with van der Waals surface area (Å²) in [4.78, 5) is 1.93. The molecule has 0 spiro atoms. The SMILES string of the molecule is CN(C)c1nnc(Cl)n1C1CC1. The molecule has 0 amide bonds. The number of anilines is 1. The van der Waals surface area contributed by atoms with Crippen molar-refractivity contribution in [2.45, 2.75) is 18.9 Å². The van der Waals surface area contributed by atoms with Gasteiger partial charge in [-0.1, -0.05) is 0 Å². The Hall–Kier alpha value is -0.770. The first kappa shape index (κ1) is 7.86. The fourth-order valence-corrected chi connectivity index (χ4v) is 1.47. The van der Waals surface area contributed by atoms with Gasteiger partial charge in [0.05, 0.1) is 0 Å². The van der Waals surface area contributed by atoms with Crippen LogP contribution in [0.2, 0.25) is 5.28 Å². The molecule has 12 heavy (non-hydrogen) atoms. The number of hydrogen-bond acceptors (Lipinski definition) is 3. The van der Waals surface area contributed by atoms with Crippen LogP contribution in [-0.2, 0) is 0 Å². The normalized spacial score (nSPS) is 16.6. The summed E-state index contributed by atoms with van der Waals surface area (Å²) in [6, 6.07) is 0.532. The Bertz CT molecular complexity index is 290. The number of rotatable bonds is 2. The summed E-state index contributed by atoms with van der Waals surface area (Å²) in [7, 11) is 3.89. The van der Waals surface area contributed by atoms with Crippen molar-refractivity contribution in [1.82, 2.24) is 14.8 Å². The third-order valence-corrected chi connectivity index (χ3v) is 2.21. The van der Waals surface area contributed by atoms with E-state index >= 15 is 0 Å². The van der Waals surface area contributed by atoms with Gasteiger partial charge in [-0.3, -0.25) is 4.57 Å². The Morgan fingerprint density at radius 2 is 2.08 bits per heavy atom. The summed E-state index contributed by atoms with van der Waals surface area (Å²) in [5, 5.41) is 8.32. The summed E-state index contributed by atoms with van der Waals surface area (Å²) in [6.45, 7) is 0. The van der Waals surface area contributed by atoms with Crippen LogP contribution in [-0.4, -0.2) is 28.9 Å². The van der Waals surface area contributed by atoms with E-state index in [9.17, 15) is 0 Å². The second-order valence-corrected chi connectivity index (χ2v) is 3.60. The van der Waals surface area contributed by atoms with Gasteiger partial charge in [-0.15, -0.1) is 10.2 Å². The third-order valence-electron chi connectivity index (χ3n) is 1.95. The fourth-order valence-electron chi connectivity index (χ4n) is 1.22. The van der Waals surface area contributed by atoms with Crippen molar-refractivity contribution in [3.8, 4) is 0 Å². The fraction of sp³-hybridized carbons (Fsp3) is 0.714. The zero-order chi connectivity index (χ0) is 8.72. The number of hydrogen-bond donors (Lipinski definition) is 0. The molecule has 0 saturated heterocycles. The Morgan fingerprint density at radius 3 is 2.58 bits per heavy atom. The van der Waals surface area contributed by atoms with Gasteiger partial charge in [-0.25, -0.2) is 0 Å². The minimum atomic E-state index is 0.501. The lowest BCUT2D eigenvalue weighted by Gasteiger charge is -2.12. The third kappa shape index (κ3) is 1.16. The van der Waals surface area contributed by atoms with Crippen LogP contribution in [0, 0.1) is 0 Å². The molecular formula is C7H11ClN4. The lowest BCUT2D eigenvalue weighted by atomic mass is 10.6. The maximum Gasteiger partial charge on any atom is 0.227 e. The van der Waals surface area contributed by atoms with E-state index in [1.807, 2.05) is 23.6 Å². The van der Waals surface area contributed by atoms with Gasteiger partial charge < -0.3 is 4.90 Å². The van der Waals surface area contributed by atoms with E-state index in [0.29, 0.717) is 11.3 Å². The van der Waals surface area contributed by atoms with Crippen LogP contribution < -0.4 is 4.90 Å². The van der Waals surface area contributed by atoms with Crippen molar-refractivity contribution in [2.75, 3.05) is 19.0 Å². The van der Waals surface area contributed by atoms with Gasteiger partial charge in [0.2, 0.25) is 11.2 Å². The molecule has 1 heterocycles. The van der Waals surface area contributed by atoms with Crippen molar-refractivity contribution < 1.29 is 0 Å². The molecule has 0 aliphatic heterocycles. The van der Waals surface area contributed by atoms with E-state index in [0.717, 1.165) is 5.95 Å². The maximum absolute atomic E-state index is 5.89. The number of nitrogens with zero attached hydrogens (tertiary/aromatic N) is 4. The van der Waals surface area contributed by atoms with Crippen LogP contribution in [0.4, 0.5) is 5.95 Å². The van der Waals surface area contributed by atoms with Gasteiger partial charge in [0.1, 0.15) is 0 Å². The van der Waals surface area contributed by atoms with E-state index in [1.54, 1.807) is 0 Å². The molecule has 1 saturated carbocycles. The van der Waals surface area contributed by atoms with Crippen molar-refractivity contribution >= 4 is 17.5 Å². The lowest BCUT2D eigenvalue weighted by molar-refractivity contribution is 0.727. The van der Waals surface area contributed by atoms with Crippen LogP contribution in [0.3, 0.4) is 0 Å². The quantitative estimate of drug-likeness (QED) is 0.699. The monoisotopic (exact) mass is 186 g/mol. The molecule has 1 aliphatic carbocycles. The molecule has 2 rings (SSSR count). The summed E-state index contributed by atoms with van der Waals surface area (Å²) < 4.78 is 1.99. The Kier molecular flexibility index (Phi) is 1.72. The smallest absolute Gasteiger partial charge is 0.227 e. The molecule has 4 nitrogen and oxygen atoms in total. The minimum Gasteiger partial charge on any atom is -0.347 e. The van der Waals surface area contributed by atoms with Crippen LogP contribution >= 0.6 is 11.6 Å². The van der Waals surface area contributed by atoms with Crippen molar-refractivity contribution in [2.24, 2.45) is 0 Å². The van der Waals surface area contributed by atoms with Crippen molar-refractivity contribution in [1.29, 1.82) is 0 Å². The van der Waals surface area contributed by atoms with Gasteiger partial charge in [-0.05, 0) is 24.4 Å². The van der Waals surface area contributed by atoms with Crippen LogP contribution in [0.25, 0.3) is 0 Å². The lowest BCUT2D eigenvalue weighted by Crippen LogP contribution is -2.15. The van der Waals surface area contributed by atoms with Gasteiger partial charge in [0.15, 0.2) is 0 Å². The molecule has 1 fully saturated rings. The van der Waals surface area contributed by atoms with Gasteiger partial charge >= 0.3 is 0 Å². The van der Waals surface area contributed by atoms with E-state index in [-0.39, 0.29) is 0 Å². The predicted molar refractivity (Wildman–Crippen MR) is 47.6 cm³/mol. The molecule has 0 N–H and O–H groups in total. The Labute approximate surface area is 76.1 Å². The average Bonchev–Trinajstić information content (AvgIpc) is 2.75. The first-order chi connectivity index (χ1) is 5.70. The zero-order valence-electron chi connectivity index (χ0n) is 7.16. The molecule has 66 valence electrons. The molecule has 1 aromatic rings.